The van der Waals surface area contributed by atoms with Gasteiger partial charge in [-0.1, -0.05) is 12.1 Å². The summed E-state index contributed by atoms with van der Waals surface area (Å²) in [4.78, 5) is 23.1. The first-order chi connectivity index (χ1) is 16.3. The molecule has 3 N–H and O–H groups in total. The number of anilines is 2. The Morgan fingerprint density at radius 2 is 1.85 bits per heavy atom. The zero-order valence-electron chi connectivity index (χ0n) is 18.1. The minimum absolute atomic E-state index is 0.236. The number of benzene rings is 2. The number of hydrogen-bond donors (Lipinski definition) is 3. The van der Waals surface area contributed by atoms with E-state index in [2.05, 4.69) is 54.6 Å². The van der Waals surface area contributed by atoms with Gasteiger partial charge in [-0.3, -0.25) is 9.89 Å². The molecule has 7 nitrogen and oxygen atoms in total. The van der Waals surface area contributed by atoms with Crippen LogP contribution in [0.4, 0.5) is 11.4 Å². The molecule has 0 atom stereocenters. The monoisotopic (exact) mass is 436 g/mol. The summed E-state index contributed by atoms with van der Waals surface area (Å²) >= 11 is 0. The Labute approximate surface area is 190 Å². The number of nitrogens with one attached hydrogen (secondary N) is 3. The quantitative estimate of drug-likeness (QED) is 0.354. The second-order valence-corrected chi connectivity index (χ2v) is 8.50. The summed E-state index contributed by atoms with van der Waals surface area (Å²) in [6.45, 7) is 2.10. The maximum Gasteiger partial charge on any atom is 0.274 e. The molecule has 164 valence electrons. The normalized spacial score (nSPS) is 14.1. The van der Waals surface area contributed by atoms with Gasteiger partial charge in [-0.05, 0) is 66.8 Å². The van der Waals surface area contributed by atoms with Gasteiger partial charge < -0.3 is 15.2 Å². The molecule has 0 aliphatic carbocycles. The zero-order chi connectivity index (χ0) is 22.2. The number of aromatic amines is 2. The van der Waals surface area contributed by atoms with Crippen molar-refractivity contribution in [3.05, 3.63) is 72.8 Å². The van der Waals surface area contributed by atoms with Crippen LogP contribution in [0.25, 0.3) is 32.9 Å². The van der Waals surface area contributed by atoms with E-state index in [1.807, 2.05) is 24.4 Å². The van der Waals surface area contributed by atoms with Crippen LogP contribution in [-0.4, -0.2) is 39.2 Å². The van der Waals surface area contributed by atoms with E-state index in [4.69, 9.17) is 0 Å². The predicted molar refractivity (Wildman–Crippen MR) is 132 cm³/mol. The Kier molecular flexibility index (Phi) is 4.79. The number of pyridine rings is 1. The first kappa shape index (κ1) is 19.5. The summed E-state index contributed by atoms with van der Waals surface area (Å²) in [5.74, 6) is -0.236. The Morgan fingerprint density at radius 1 is 0.939 bits per heavy atom. The SMILES string of the molecule is O=C(Nc1cc(-c2cccc3[nH]ccc23)cc2[nH]ncc12)c1ccc(N2CCCCC2)cn1. The van der Waals surface area contributed by atoms with Gasteiger partial charge in [0.15, 0.2) is 0 Å². The van der Waals surface area contributed by atoms with Crippen LogP contribution in [-0.2, 0) is 0 Å². The van der Waals surface area contributed by atoms with E-state index in [9.17, 15) is 4.79 Å². The molecule has 1 amide bonds. The van der Waals surface area contributed by atoms with Crippen molar-refractivity contribution >= 4 is 39.1 Å². The van der Waals surface area contributed by atoms with Gasteiger partial charge in [-0.15, -0.1) is 0 Å². The van der Waals surface area contributed by atoms with E-state index in [1.54, 1.807) is 18.5 Å². The first-order valence-corrected chi connectivity index (χ1v) is 11.3. The predicted octanol–water partition coefficient (Wildman–Crippen LogP) is 5.35. The summed E-state index contributed by atoms with van der Waals surface area (Å²) in [6, 6.07) is 16.1. The van der Waals surface area contributed by atoms with Crippen molar-refractivity contribution in [1.29, 1.82) is 0 Å². The molecule has 0 unspecified atom stereocenters. The molecule has 1 aliphatic rings. The number of aromatic nitrogens is 4. The molecule has 0 bridgehead atoms. The van der Waals surface area contributed by atoms with E-state index < -0.39 is 0 Å². The van der Waals surface area contributed by atoms with Crippen molar-refractivity contribution in [3.63, 3.8) is 0 Å². The highest BCUT2D eigenvalue weighted by molar-refractivity contribution is 6.09. The third kappa shape index (κ3) is 3.61. The van der Waals surface area contributed by atoms with Crippen LogP contribution in [0.3, 0.4) is 0 Å². The molecular formula is C26H24N6O. The molecular weight excluding hydrogens is 412 g/mol. The molecule has 0 radical (unpaired) electrons. The van der Waals surface area contributed by atoms with Crippen LogP contribution in [0.5, 0.6) is 0 Å². The first-order valence-electron chi connectivity index (χ1n) is 11.3. The molecule has 6 rings (SSSR count). The number of carbonyl (C=O) groups excluding carboxylic acids is 1. The topological polar surface area (TPSA) is 89.7 Å². The number of hydrogen-bond acceptors (Lipinski definition) is 4. The van der Waals surface area contributed by atoms with Crippen LogP contribution < -0.4 is 10.2 Å². The van der Waals surface area contributed by atoms with Gasteiger partial charge in [0.2, 0.25) is 0 Å². The molecule has 5 aromatic rings. The number of piperidine rings is 1. The highest BCUT2D eigenvalue weighted by Crippen LogP contribution is 2.34. The van der Waals surface area contributed by atoms with Gasteiger partial charge in [0, 0.05) is 35.6 Å². The van der Waals surface area contributed by atoms with Gasteiger partial charge in [-0.25, -0.2) is 4.98 Å². The second kappa shape index (κ2) is 8.09. The highest BCUT2D eigenvalue weighted by Gasteiger charge is 2.16. The van der Waals surface area contributed by atoms with Crippen molar-refractivity contribution in [3.8, 4) is 11.1 Å². The standard InChI is InChI=1S/C26H24N6O/c33-26(23-8-7-18(15-28-23)32-11-2-1-3-12-32)30-24-13-17(14-25-21(24)16-29-31-25)19-5-4-6-22-20(19)9-10-27-22/h4-10,13-16,27H,1-3,11-12H2,(H,29,31)(H,30,33). The number of carbonyl (C=O) groups is 1. The number of fused-ring (bicyclic) bond motifs is 2. The lowest BCUT2D eigenvalue weighted by Gasteiger charge is -2.28. The van der Waals surface area contributed by atoms with E-state index in [0.717, 1.165) is 51.7 Å². The summed E-state index contributed by atoms with van der Waals surface area (Å²) in [6.07, 6.45) is 9.16. The van der Waals surface area contributed by atoms with Crippen molar-refractivity contribution in [2.45, 2.75) is 19.3 Å². The maximum atomic E-state index is 13.1. The Balaban J connectivity index is 1.32. The zero-order valence-corrected chi connectivity index (χ0v) is 18.1. The maximum absolute atomic E-state index is 13.1. The number of nitrogens with zero attached hydrogens (tertiary/aromatic N) is 3. The average Bonchev–Trinajstić information content (AvgIpc) is 3.54. The fraction of sp³-hybridized carbons (Fsp3) is 0.192. The number of amides is 1. The lowest BCUT2D eigenvalue weighted by Crippen LogP contribution is -2.29. The average molecular weight is 437 g/mol. The molecule has 7 heteroatoms. The Morgan fingerprint density at radius 3 is 2.70 bits per heavy atom. The summed E-state index contributed by atoms with van der Waals surface area (Å²) in [5, 5.41) is 12.3. The van der Waals surface area contributed by atoms with E-state index in [-0.39, 0.29) is 5.91 Å². The molecule has 3 aromatic heterocycles. The highest BCUT2D eigenvalue weighted by atomic mass is 16.1. The smallest absolute Gasteiger partial charge is 0.274 e. The Hall–Kier alpha value is -4.13. The molecule has 1 saturated heterocycles. The van der Waals surface area contributed by atoms with E-state index in [0.29, 0.717) is 11.4 Å². The third-order valence-electron chi connectivity index (χ3n) is 6.41. The van der Waals surface area contributed by atoms with Gasteiger partial charge in [0.05, 0.1) is 29.3 Å². The van der Waals surface area contributed by atoms with Gasteiger partial charge in [0.1, 0.15) is 5.69 Å². The van der Waals surface area contributed by atoms with Crippen molar-refractivity contribution in [2.24, 2.45) is 0 Å². The van der Waals surface area contributed by atoms with Gasteiger partial charge in [-0.2, -0.15) is 5.10 Å². The van der Waals surface area contributed by atoms with Crippen LogP contribution in [0.2, 0.25) is 0 Å². The molecule has 1 fully saturated rings. The molecule has 2 aromatic carbocycles. The minimum atomic E-state index is -0.236. The minimum Gasteiger partial charge on any atom is -0.370 e. The van der Waals surface area contributed by atoms with E-state index >= 15 is 0 Å². The third-order valence-corrected chi connectivity index (χ3v) is 6.41. The second-order valence-electron chi connectivity index (χ2n) is 8.50. The largest absolute Gasteiger partial charge is 0.370 e. The molecule has 1 aliphatic heterocycles. The number of H-pyrrole nitrogens is 2. The molecule has 0 spiro atoms. The molecule has 33 heavy (non-hydrogen) atoms. The van der Waals surface area contributed by atoms with Gasteiger partial charge >= 0.3 is 0 Å². The summed E-state index contributed by atoms with van der Waals surface area (Å²) in [5.41, 5.74) is 6.20. The Bertz CT molecular complexity index is 1440. The van der Waals surface area contributed by atoms with E-state index in [1.165, 1.54) is 19.3 Å². The lowest BCUT2D eigenvalue weighted by molar-refractivity contribution is 0.102. The van der Waals surface area contributed by atoms with Crippen LogP contribution in [0.15, 0.2) is 67.1 Å². The van der Waals surface area contributed by atoms with Crippen molar-refractivity contribution in [2.75, 3.05) is 23.3 Å². The van der Waals surface area contributed by atoms with Crippen LogP contribution in [0.1, 0.15) is 29.8 Å². The van der Waals surface area contributed by atoms with Crippen LogP contribution >= 0.6 is 0 Å². The molecule has 0 saturated carbocycles. The summed E-state index contributed by atoms with van der Waals surface area (Å²) < 4.78 is 0. The van der Waals surface area contributed by atoms with Crippen molar-refractivity contribution < 1.29 is 4.79 Å². The fourth-order valence-electron chi connectivity index (χ4n) is 4.69. The molecule has 4 heterocycles. The number of rotatable bonds is 4. The lowest BCUT2D eigenvalue weighted by atomic mass is 9.99. The van der Waals surface area contributed by atoms with Crippen molar-refractivity contribution in [1.82, 2.24) is 20.2 Å². The van der Waals surface area contributed by atoms with Crippen LogP contribution in [0, 0.1) is 0 Å². The fourth-order valence-corrected chi connectivity index (χ4v) is 4.69. The summed E-state index contributed by atoms with van der Waals surface area (Å²) in [7, 11) is 0. The van der Waals surface area contributed by atoms with Gasteiger partial charge in [0.25, 0.3) is 5.91 Å².